The third kappa shape index (κ3) is 4.33. The van der Waals surface area contributed by atoms with Crippen LogP contribution in [0.25, 0.3) is 0 Å². The predicted molar refractivity (Wildman–Crippen MR) is 78.0 cm³/mol. The van der Waals surface area contributed by atoms with Gasteiger partial charge in [-0.1, -0.05) is 6.92 Å². The summed E-state index contributed by atoms with van der Waals surface area (Å²) >= 11 is 0. The Bertz CT molecular complexity index is 420. The topological polar surface area (TPSA) is 96.1 Å². The second-order valence-electron chi connectivity index (χ2n) is 5.34. The van der Waals surface area contributed by atoms with Crippen LogP contribution in [-0.2, 0) is 6.42 Å². The van der Waals surface area contributed by atoms with Gasteiger partial charge in [0.05, 0.1) is 0 Å². The van der Waals surface area contributed by atoms with E-state index in [1.165, 1.54) is 0 Å². The Balaban J connectivity index is 3.07. The number of hydrazine groups is 1. The van der Waals surface area contributed by atoms with E-state index in [0.29, 0.717) is 12.2 Å². The molecule has 0 aliphatic heterocycles. The zero-order valence-corrected chi connectivity index (χ0v) is 12.2. The van der Waals surface area contributed by atoms with Gasteiger partial charge in [0, 0.05) is 24.1 Å². The summed E-state index contributed by atoms with van der Waals surface area (Å²) in [6.07, 6.45) is 2.43. The van der Waals surface area contributed by atoms with Gasteiger partial charge in [0.15, 0.2) is 0 Å². The Morgan fingerprint density at radius 1 is 1.26 bits per heavy atom. The maximum atomic E-state index is 9.08. The highest BCUT2D eigenvalue weighted by molar-refractivity contribution is 5.57. The van der Waals surface area contributed by atoms with Crippen LogP contribution in [0.5, 0.6) is 0 Å². The summed E-state index contributed by atoms with van der Waals surface area (Å²) in [5.41, 5.74) is 3.26. The van der Waals surface area contributed by atoms with E-state index in [4.69, 9.17) is 10.9 Å². The van der Waals surface area contributed by atoms with E-state index in [0.717, 1.165) is 30.0 Å². The molecule has 1 rings (SSSR count). The first kappa shape index (κ1) is 15.7. The number of aliphatic hydroxyl groups is 1. The Morgan fingerprint density at radius 3 is 2.42 bits per heavy atom. The minimum atomic E-state index is -0.233. The molecule has 0 fully saturated rings. The summed E-state index contributed by atoms with van der Waals surface area (Å²) in [6, 6.07) is 0. The van der Waals surface area contributed by atoms with Gasteiger partial charge in [0.25, 0.3) is 0 Å². The molecule has 0 unspecified atom stereocenters. The fourth-order valence-corrected chi connectivity index (χ4v) is 1.82. The highest BCUT2D eigenvalue weighted by Crippen LogP contribution is 2.24. The highest BCUT2D eigenvalue weighted by Gasteiger charge is 2.20. The number of rotatable bonds is 7. The van der Waals surface area contributed by atoms with E-state index >= 15 is 0 Å². The number of anilines is 2. The van der Waals surface area contributed by atoms with Crippen LogP contribution in [0.4, 0.5) is 11.6 Å². The van der Waals surface area contributed by atoms with Crippen LogP contribution in [-0.4, -0.2) is 27.2 Å². The third-order valence-corrected chi connectivity index (χ3v) is 3.00. The second-order valence-corrected chi connectivity index (χ2v) is 5.34. The van der Waals surface area contributed by atoms with Crippen LogP contribution in [0.3, 0.4) is 0 Å². The van der Waals surface area contributed by atoms with Gasteiger partial charge in [-0.15, -0.1) is 0 Å². The Kier molecular flexibility index (Phi) is 5.50. The van der Waals surface area contributed by atoms with Gasteiger partial charge < -0.3 is 15.8 Å². The lowest BCUT2D eigenvalue weighted by molar-refractivity contribution is 0.260. The minimum Gasteiger partial charge on any atom is -0.396 e. The molecule has 6 heteroatoms. The van der Waals surface area contributed by atoms with Gasteiger partial charge >= 0.3 is 0 Å². The van der Waals surface area contributed by atoms with Crippen molar-refractivity contribution in [3.63, 3.8) is 0 Å². The van der Waals surface area contributed by atoms with E-state index in [-0.39, 0.29) is 12.1 Å². The molecular weight excluding hydrogens is 242 g/mol. The molecule has 0 saturated carbocycles. The molecular formula is C13H25N5O. The smallest absolute Gasteiger partial charge is 0.148 e. The van der Waals surface area contributed by atoms with E-state index in [1.807, 2.05) is 20.8 Å². The van der Waals surface area contributed by atoms with Crippen LogP contribution in [0.2, 0.25) is 0 Å². The number of nitrogen functional groups attached to an aromatic ring is 1. The number of nitrogens with zero attached hydrogens (tertiary/aromatic N) is 2. The molecule has 1 aromatic rings. The zero-order chi connectivity index (χ0) is 14.5. The fraction of sp³-hybridized carbons (Fsp3) is 0.692. The van der Waals surface area contributed by atoms with E-state index in [2.05, 4.69) is 27.6 Å². The Labute approximate surface area is 114 Å². The number of aromatic nitrogens is 2. The van der Waals surface area contributed by atoms with Crippen LogP contribution in [0.1, 0.15) is 45.0 Å². The fourth-order valence-electron chi connectivity index (χ4n) is 1.82. The molecule has 0 radical (unpaired) electrons. The standard InChI is InChI=1S/C13H25N5O/c1-5-6-10-15-11(9(2)12(16-10)18-14)17-13(3,4)7-8-19/h19H,5-8,14H2,1-4H3,(H2,15,16,17,18). The SMILES string of the molecule is CCCc1nc(NN)c(C)c(NC(C)(C)CCO)n1. The monoisotopic (exact) mass is 267 g/mol. The first-order valence-corrected chi connectivity index (χ1v) is 6.66. The number of nitrogens with two attached hydrogens (primary N) is 1. The van der Waals surface area contributed by atoms with Gasteiger partial charge in [-0.3, -0.25) is 0 Å². The lowest BCUT2D eigenvalue weighted by Crippen LogP contribution is -2.33. The summed E-state index contributed by atoms with van der Waals surface area (Å²) in [7, 11) is 0. The first-order valence-electron chi connectivity index (χ1n) is 6.66. The number of nitrogens with one attached hydrogen (secondary N) is 2. The lowest BCUT2D eigenvalue weighted by atomic mass is 10.0. The molecule has 0 aliphatic rings. The van der Waals surface area contributed by atoms with Gasteiger partial charge in [0.1, 0.15) is 17.5 Å². The van der Waals surface area contributed by atoms with Gasteiger partial charge in [-0.05, 0) is 33.6 Å². The van der Waals surface area contributed by atoms with Crippen molar-refractivity contribution >= 4 is 11.6 Å². The molecule has 5 N–H and O–H groups in total. The third-order valence-electron chi connectivity index (χ3n) is 3.00. The van der Waals surface area contributed by atoms with Gasteiger partial charge in [-0.25, -0.2) is 15.8 Å². The summed E-state index contributed by atoms with van der Waals surface area (Å²) in [4.78, 5) is 8.92. The van der Waals surface area contributed by atoms with Crippen molar-refractivity contribution in [2.45, 2.75) is 52.5 Å². The molecule has 0 atom stereocenters. The minimum absolute atomic E-state index is 0.133. The molecule has 0 amide bonds. The lowest BCUT2D eigenvalue weighted by Gasteiger charge is -2.27. The van der Waals surface area contributed by atoms with Crippen molar-refractivity contribution in [2.75, 3.05) is 17.3 Å². The summed E-state index contributed by atoms with van der Waals surface area (Å²) < 4.78 is 0. The van der Waals surface area contributed by atoms with Crippen molar-refractivity contribution in [2.24, 2.45) is 5.84 Å². The number of hydrogen-bond acceptors (Lipinski definition) is 6. The Hall–Kier alpha value is -1.40. The molecule has 108 valence electrons. The highest BCUT2D eigenvalue weighted by atomic mass is 16.3. The largest absolute Gasteiger partial charge is 0.396 e. The van der Waals surface area contributed by atoms with Gasteiger partial charge in [0.2, 0.25) is 0 Å². The van der Waals surface area contributed by atoms with E-state index in [1.54, 1.807) is 0 Å². The molecule has 19 heavy (non-hydrogen) atoms. The first-order chi connectivity index (χ1) is 8.93. The number of aliphatic hydroxyl groups excluding tert-OH is 1. The number of hydrogen-bond donors (Lipinski definition) is 4. The van der Waals surface area contributed by atoms with Crippen molar-refractivity contribution in [3.05, 3.63) is 11.4 Å². The van der Waals surface area contributed by atoms with Crippen LogP contribution >= 0.6 is 0 Å². The maximum Gasteiger partial charge on any atom is 0.148 e. The van der Waals surface area contributed by atoms with Crippen LogP contribution in [0, 0.1) is 6.92 Å². The van der Waals surface area contributed by atoms with Crippen molar-refractivity contribution < 1.29 is 5.11 Å². The molecule has 1 aromatic heterocycles. The summed E-state index contributed by atoms with van der Waals surface area (Å²) in [6.45, 7) is 8.19. The molecule has 0 aromatic carbocycles. The number of aryl methyl sites for hydroxylation is 1. The molecule has 0 spiro atoms. The molecule has 0 bridgehead atoms. The molecule has 6 nitrogen and oxygen atoms in total. The molecule has 1 heterocycles. The van der Waals surface area contributed by atoms with Crippen LogP contribution < -0.4 is 16.6 Å². The second kappa shape index (κ2) is 6.68. The summed E-state index contributed by atoms with van der Waals surface area (Å²) in [5, 5.41) is 12.4. The van der Waals surface area contributed by atoms with Crippen molar-refractivity contribution in [1.29, 1.82) is 0 Å². The molecule has 0 saturated heterocycles. The predicted octanol–water partition coefficient (Wildman–Crippen LogP) is 1.60. The van der Waals surface area contributed by atoms with Crippen molar-refractivity contribution in [1.82, 2.24) is 9.97 Å². The van der Waals surface area contributed by atoms with Crippen molar-refractivity contribution in [3.8, 4) is 0 Å². The van der Waals surface area contributed by atoms with Crippen LogP contribution in [0.15, 0.2) is 0 Å². The van der Waals surface area contributed by atoms with E-state index in [9.17, 15) is 0 Å². The Morgan fingerprint density at radius 2 is 1.89 bits per heavy atom. The molecule has 0 aliphatic carbocycles. The normalized spacial score (nSPS) is 11.5. The average Bonchev–Trinajstić information content (AvgIpc) is 2.33. The zero-order valence-electron chi connectivity index (χ0n) is 12.2. The quantitative estimate of drug-likeness (QED) is 0.442. The summed E-state index contributed by atoms with van der Waals surface area (Å²) in [5.74, 6) is 7.67. The average molecular weight is 267 g/mol. The maximum absolute atomic E-state index is 9.08. The van der Waals surface area contributed by atoms with Gasteiger partial charge in [-0.2, -0.15) is 0 Å². The van der Waals surface area contributed by atoms with E-state index < -0.39 is 0 Å².